The van der Waals surface area contributed by atoms with Crippen LogP contribution in [-0.2, 0) is 12.5 Å². The van der Waals surface area contributed by atoms with Crippen LogP contribution in [-0.4, -0.2) is 4.98 Å². The molecule has 2 aromatic carbocycles. The summed E-state index contributed by atoms with van der Waals surface area (Å²) in [7, 11) is 2.17. The van der Waals surface area contributed by atoms with Gasteiger partial charge in [0.05, 0.1) is 16.5 Å². The largest absolute Gasteiger partial charge is 0.455 e. The number of ether oxygens (including phenoxy) is 1. The Balaban J connectivity index is 1.41. The van der Waals surface area contributed by atoms with E-state index in [0.717, 1.165) is 40.3 Å². The van der Waals surface area contributed by atoms with Crippen LogP contribution >= 0.6 is 0 Å². The smallest absolute Gasteiger partial charge is 0.228 e. The molecule has 0 atom stereocenters. The molecular weight excluding hydrogens is 416 g/mol. The molecular formula is C31H31N2O+. The van der Waals surface area contributed by atoms with E-state index in [4.69, 9.17) is 9.72 Å². The third-order valence-electron chi connectivity index (χ3n) is 9.81. The Morgan fingerprint density at radius 3 is 2.44 bits per heavy atom. The van der Waals surface area contributed by atoms with Gasteiger partial charge in [0, 0.05) is 23.2 Å². The van der Waals surface area contributed by atoms with Crippen LogP contribution in [0.15, 0.2) is 42.7 Å². The molecule has 0 spiro atoms. The van der Waals surface area contributed by atoms with Crippen molar-refractivity contribution in [1.82, 2.24) is 4.98 Å². The summed E-state index contributed by atoms with van der Waals surface area (Å²) in [6, 6.07) is 11.5. The Bertz CT molecular complexity index is 1510. The van der Waals surface area contributed by atoms with Crippen molar-refractivity contribution in [3.05, 3.63) is 59.4 Å². The van der Waals surface area contributed by atoms with Gasteiger partial charge in [0.25, 0.3) is 0 Å². The van der Waals surface area contributed by atoms with E-state index in [-0.39, 0.29) is 0 Å². The lowest BCUT2D eigenvalue weighted by molar-refractivity contribution is -0.659. The highest BCUT2D eigenvalue weighted by Crippen LogP contribution is 2.62. The highest BCUT2D eigenvalue weighted by Gasteiger charge is 2.52. The first-order valence-electron chi connectivity index (χ1n) is 13.0. The minimum Gasteiger partial charge on any atom is -0.455 e. The van der Waals surface area contributed by atoms with Gasteiger partial charge in [0.1, 0.15) is 18.5 Å². The van der Waals surface area contributed by atoms with Crippen molar-refractivity contribution in [2.45, 2.75) is 57.8 Å². The lowest BCUT2D eigenvalue weighted by atomic mass is 9.48. The first kappa shape index (κ1) is 19.4. The number of hydrogen-bond donors (Lipinski definition) is 0. The van der Waals surface area contributed by atoms with Crippen molar-refractivity contribution in [1.29, 1.82) is 0 Å². The van der Waals surface area contributed by atoms with Crippen molar-refractivity contribution in [3.63, 3.8) is 0 Å². The summed E-state index contributed by atoms with van der Waals surface area (Å²) in [4.78, 5) is 4.73. The summed E-state index contributed by atoms with van der Waals surface area (Å²) < 4.78 is 9.16. The first-order chi connectivity index (χ1) is 16.5. The predicted octanol–water partition coefficient (Wildman–Crippen LogP) is 7.07. The molecule has 170 valence electrons. The molecule has 4 aliphatic carbocycles. The molecule has 34 heavy (non-hydrogen) atoms. The van der Waals surface area contributed by atoms with Crippen LogP contribution in [0, 0.1) is 31.6 Å². The summed E-state index contributed by atoms with van der Waals surface area (Å²) in [6.07, 6.45) is 12.7. The SMILES string of the molecule is Cc1c2c(c(C)c3ncccc13)Oc1cc(C34CC5CC(CC(C5)C3)C4)cc3cc[n+](C)c-2c13. The molecule has 4 saturated carbocycles. The number of pyridine rings is 2. The molecule has 4 aromatic rings. The molecule has 3 heteroatoms. The Kier molecular flexibility index (Phi) is 3.64. The van der Waals surface area contributed by atoms with E-state index in [0.29, 0.717) is 5.41 Å². The van der Waals surface area contributed by atoms with Crippen molar-refractivity contribution >= 4 is 21.7 Å². The summed E-state index contributed by atoms with van der Waals surface area (Å²) in [6.45, 7) is 4.39. The van der Waals surface area contributed by atoms with Gasteiger partial charge in [-0.15, -0.1) is 0 Å². The summed E-state index contributed by atoms with van der Waals surface area (Å²) in [5, 5.41) is 3.80. The first-order valence-corrected chi connectivity index (χ1v) is 13.0. The third kappa shape index (κ3) is 2.38. The lowest BCUT2D eigenvalue weighted by Crippen LogP contribution is -2.48. The van der Waals surface area contributed by atoms with Gasteiger partial charge in [-0.25, -0.2) is 4.57 Å². The highest BCUT2D eigenvalue weighted by atomic mass is 16.5. The van der Waals surface area contributed by atoms with Crippen LogP contribution in [0.5, 0.6) is 11.5 Å². The minimum atomic E-state index is 0.358. The van der Waals surface area contributed by atoms with Crippen molar-refractivity contribution in [2.24, 2.45) is 24.8 Å². The normalized spacial score (nSPS) is 28.4. The second kappa shape index (κ2) is 6.38. The molecule has 1 aliphatic heterocycles. The molecule has 2 aromatic heterocycles. The zero-order valence-corrected chi connectivity index (χ0v) is 20.3. The van der Waals surface area contributed by atoms with Crippen LogP contribution in [0.3, 0.4) is 0 Å². The lowest BCUT2D eigenvalue weighted by Gasteiger charge is -2.57. The van der Waals surface area contributed by atoms with Crippen LogP contribution in [0.4, 0.5) is 0 Å². The van der Waals surface area contributed by atoms with E-state index >= 15 is 0 Å². The quantitative estimate of drug-likeness (QED) is 0.257. The Hall–Kier alpha value is -2.94. The molecule has 4 bridgehead atoms. The minimum absolute atomic E-state index is 0.358. The fraction of sp³-hybridized carbons (Fsp3) is 0.419. The predicted molar refractivity (Wildman–Crippen MR) is 135 cm³/mol. The number of aryl methyl sites for hydroxylation is 3. The van der Waals surface area contributed by atoms with Crippen molar-refractivity contribution in [2.75, 3.05) is 0 Å². The van der Waals surface area contributed by atoms with Gasteiger partial charge in [-0.1, -0.05) is 6.07 Å². The van der Waals surface area contributed by atoms with Crippen LogP contribution < -0.4 is 9.30 Å². The molecule has 0 amide bonds. The second-order valence-corrected chi connectivity index (χ2v) is 11.9. The van der Waals surface area contributed by atoms with Gasteiger partial charge in [0.15, 0.2) is 6.20 Å². The zero-order chi connectivity index (χ0) is 22.8. The molecule has 5 aliphatic rings. The van der Waals surface area contributed by atoms with E-state index in [9.17, 15) is 0 Å². The average molecular weight is 448 g/mol. The number of nitrogens with zero attached hydrogens (tertiary/aromatic N) is 2. The molecule has 3 nitrogen and oxygen atoms in total. The Labute approximate surface area is 200 Å². The molecule has 0 saturated heterocycles. The van der Waals surface area contributed by atoms with Crippen LogP contribution in [0.25, 0.3) is 32.9 Å². The Morgan fingerprint density at radius 1 is 0.971 bits per heavy atom. The van der Waals surface area contributed by atoms with E-state index in [1.54, 1.807) is 0 Å². The van der Waals surface area contributed by atoms with E-state index in [1.165, 1.54) is 77.1 Å². The van der Waals surface area contributed by atoms with Crippen molar-refractivity contribution < 1.29 is 9.30 Å². The maximum Gasteiger partial charge on any atom is 0.228 e. The second-order valence-electron chi connectivity index (χ2n) is 11.9. The fourth-order valence-corrected chi connectivity index (χ4v) is 8.75. The molecule has 0 N–H and O–H groups in total. The summed E-state index contributed by atoms with van der Waals surface area (Å²) in [5.41, 5.74) is 7.83. The number of benzene rings is 2. The maximum absolute atomic E-state index is 6.87. The summed E-state index contributed by atoms with van der Waals surface area (Å²) in [5.74, 6) is 4.84. The number of rotatable bonds is 1. The topological polar surface area (TPSA) is 26.0 Å². The van der Waals surface area contributed by atoms with Gasteiger partial charge in [-0.05, 0) is 110 Å². The average Bonchev–Trinajstić information content (AvgIpc) is 2.83. The monoisotopic (exact) mass is 447 g/mol. The van der Waals surface area contributed by atoms with Gasteiger partial charge in [-0.3, -0.25) is 4.98 Å². The van der Waals surface area contributed by atoms with E-state index in [2.05, 4.69) is 55.9 Å². The molecule has 3 heterocycles. The van der Waals surface area contributed by atoms with Gasteiger partial charge >= 0.3 is 0 Å². The van der Waals surface area contributed by atoms with Gasteiger partial charge in [0.2, 0.25) is 5.69 Å². The van der Waals surface area contributed by atoms with E-state index in [1.807, 2.05) is 12.3 Å². The van der Waals surface area contributed by atoms with Crippen molar-refractivity contribution in [3.8, 4) is 22.8 Å². The molecule has 0 unspecified atom stereocenters. The fourth-order valence-electron chi connectivity index (χ4n) is 8.75. The zero-order valence-electron chi connectivity index (χ0n) is 20.3. The third-order valence-corrected chi connectivity index (χ3v) is 9.81. The number of aromatic nitrogens is 2. The summed E-state index contributed by atoms with van der Waals surface area (Å²) >= 11 is 0. The van der Waals surface area contributed by atoms with Gasteiger partial charge in [-0.2, -0.15) is 0 Å². The molecule has 4 fully saturated rings. The number of hydrogen-bond acceptors (Lipinski definition) is 2. The standard InChI is InChI=1S/C31H31N2O/c1-17-24-5-4-7-32-28(24)18(2)30-26(17)29-27-22(6-8-33(29)3)12-23(13-25(27)34-30)31-14-19-9-20(15-31)11-21(10-19)16-31/h4-8,12-13,19-21H,9-11,14-16H2,1-3H3/q+1. The van der Waals surface area contributed by atoms with E-state index < -0.39 is 0 Å². The Morgan fingerprint density at radius 2 is 1.71 bits per heavy atom. The van der Waals surface area contributed by atoms with Gasteiger partial charge < -0.3 is 4.74 Å². The number of fused-ring (bicyclic) bond motifs is 3. The highest BCUT2D eigenvalue weighted by molar-refractivity contribution is 6.06. The van der Waals surface area contributed by atoms with Crippen LogP contribution in [0.1, 0.15) is 55.2 Å². The molecule has 0 radical (unpaired) electrons. The van der Waals surface area contributed by atoms with Crippen LogP contribution in [0.2, 0.25) is 0 Å². The molecule has 9 rings (SSSR count). The maximum atomic E-state index is 6.87.